The molecule has 1 fully saturated rings. The minimum absolute atomic E-state index is 0.441. The maximum absolute atomic E-state index is 12.1. The minimum atomic E-state index is -0.450. The summed E-state index contributed by atoms with van der Waals surface area (Å²) in [6.45, 7) is 1.86. The van der Waals surface area contributed by atoms with Crippen molar-refractivity contribution < 1.29 is 23.8 Å². The number of hydrogen-bond acceptors (Lipinski definition) is 7. The fraction of sp³-hybridized carbons (Fsp3) is 0.444. The fourth-order valence-electron chi connectivity index (χ4n) is 3.05. The van der Waals surface area contributed by atoms with Crippen LogP contribution in [0.3, 0.4) is 0 Å². The Bertz CT molecular complexity index is 695. The van der Waals surface area contributed by atoms with Gasteiger partial charge in [-0.15, -0.1) is 0 Å². The van der Waals surface area contributed by atoms with E-state index >= 15 is 0 Å². The highest BCUT2D eigenvalue weighted by atomic mass is 16.7. The fourth-order valence-corrected chi connectivity index (χ4v) is 3.05. The summed E-state index contributed by atoms with van der Waals surface area (Å²) in [6.07, 6.45) is 5.30. The van der Waals surface area contributed by atoms with Gasteiger partial charge in [0.2, 0.25) is 5.75 Å². The Morgan fingerprint density at radius 1 is 1.04 bits per heavy atom. The molecule has 7 heteroatoms. The molecular formula is C18H22N2O5. The summed E-state index contributed by atoms with van der Waals surface area (Å²) in [5.74, 6) is 1.03. The summed E-state index contributed by atoms with van der Waals surface area (Å²) in [5.41, 5.74) is 1.58. The lowest BCUT2D eigenvalue weighted by molar-refractivity contribution is -0.136. The molecule has 2 heterocycles. The Hall–Kier alpha value is -2.70. The molecule has 0 spiro atoms. The van der Waals surface area contributed by atoms with Gasteiger partial charge in [0.25, 0.3) is 0 Å². The number of methoxy groups -OCH3 is 3. The molecule has 134 valence electrons. The molecule has 1 aromatic carbocycles. The van der Waals surface area contributed by atoms with E-state index in [1.165, 1.54) is 6.42 Å². The average Bonchev–Trinajstić information content (AvgIpc) is 3.01. The molecule has 7 nitrogen and oxygen atoms in total. The molecule has 1 saturated heterocycles. The van der Waals surface area contributed by atoms with Gasteiger partial charge in [0.15, 0.2) is 11.5 Å². The maximum Gasteiger partial charge on any atom is 0.369 e. The van der Waals surface area contributed by atoms with Crippen molar-refractivity contribution in [2.75, 3.05) is 34.4 Å². The predicted octanol–water partition coefficient (Wildman–Crippen LogP) is 2.34. The lowest BCUT2D eigenvalue weighted by atomic mass is 10.0. The summed E-state index contributed by atoms with van der Waals surface area (Å²) in [7, 11) is 4.63. The van der Waals surface area contributed by atoms with Crippen molar-refractivity contribution >= 4 is 11.7 Å². The summed E-state index contributed by atoms with van der Waals surface area (Å²) >= 11 is 0. The second-order valence-electron chi connectivity index (χ2n) is 5.87. The van der Waals surface area contributed by atoms with Crippen LogP contribution in [0.5, 0.6) is 17.2 Å². The van der Waals surface area contributed by atoms with Crippen molar-refractivity contribution in [2.24, 2.45) is 5.16 Å². The molecule has 0 amide bonds. The number of oxime groups is 1. The zero-order valence-electron chi connectivity index (χ0n) is 14.7. The van der Waals surface area contributed by atoms with E-state index in [0.717, 1.165) is 25.9 Å². The number of rotatable bonds is 5. The lowest BCUT2D eigenvalue weighted by Gasteiger charge is -2.25. The van der Waals surface area contributed by atoms with E-state index < -0.39 is 5.97 Å². The minimum Gasteiger partial charge on any atom is -0.493 e. The summed E-state index contributed by atoms with van der Waals surface area (Å²) in [6, 6.07) is 3.51. The molecule has 25 heavy (non-hydrogen) atoms. The van der Waals surface area contributed by atoms with Gasteiger partial charge in [0.05, 0.1) is 21.3 Å². The molecule has 0 aromatic heterocycles. The van der Waals surface area contributed by atoms with Gasteiger partial charge in [-0.25, -0.2) is 4.79 Å². The van der Waals surface area contributed by atoms with Crippen molar-refractivity contribution in [1.82, 2.24) is 4.90 Å². The maximum atomic E-state index is 12.1. The lowest BCUT2D eigenvalue weighted by Crippen LogP contribution is -2.26. The molecule has 0 saturated carbocycles. The van der Waals surface area contributed by atoms with E-state index in [-0.39, 0.29) is 0 Å². The molecule has 0 atom stereocenters. The van der Waals surface area contributed by atoms with Crippen molar-refractivity contribution in [3.8, 4) is 17.2 Å². The van der Waals surface area contributed by atoms with Crippen LogP contribution in [-0.4, -0.2) is 51.0 Å². The second kappa shape index (κ2) is 7.46. The number of likely N-dealkylation sites (tertiary alicyclic amines) is 1. The molecular weight excluding hydrogens is 324 g/mol. The smallest absolute Gasteiger partial charge is 0.369 e. The zero-order chi connectivity index (χ0) is 17.8. The normalized spacial score (nSPS) is 18.8. The Balaban J connectivity index is 1.99. The van der Waals surface area contributed by atoms with E-state index in [4.69, 9.17) is 19.0 Å². The molecule has 2 aliphatic rings. The molecule has 0 aliphatic carbocycles. The summed E-state index contributed by atoms with van der Waals surface area (Å²) < 4.78 is 16.1. The molecule has 1 aromatic rings. The van der Waals surface area contributed by atoms with E-state index in [9.17, 15) is 4.79 Å². The first-order valence-electron chi connectivity index (χ1n) is 8.24. The number of hydrogen-bond donors (Lipinski definition) is 0. The highest BCUT2D eigenvalue weighted by Crippen LogP contribution is 2.39. The van der Waals surface area contributed by atoms with E-state index in [2.05, 4.69) is 10.1 Å². The first-order chi connectivity index (χ1) is 12.2. The summed E-state index contributed by atoms with van der Waals surface area (Å²) in [4.78, 5) is 19.2. The Morgan fingerprint density at radius 3 is 2.24 bits per heavy atom. The monoisotopic (exact) mass is 346 g/mol. The van der Waals surface area contributed by atoms with Gasteiger partial charge >= 0.3 is 5.97 Å². The van der Waals surface area contributed by atoms with Crippen LogP contribution in [-0.2, 0) is 9.63 Å². The number of nitrogens with zero attached hydrogens (tertiary/aromatic N) is 2. The Kier molecular flexibility index (Phi) is 5.11. The third kappa shape index (κ3) is 3.40. The van der Waals surface area contributed by atoms with Crippen molar-refractivity contribution in [3.05, 3.63) is 29.5 Å². The van der Waals surface area contributed by atoms with Gasteiger partial charge in [0, 0.05) is 24.9 Å². The van der Waals surface area contributed by atoms with Gasteiger partial charge in [-0.2, -0.15) is 0 Å². The number of piperidine rings is 1. The van der Waals surface area contributed by atoms with E-state index in [1.54, 1.807) is 33.5 Å². The van der Waals surface area contributed by atoms with Crippen LogP contribution in [0.2, 0.25) is 0 Å². The van der Waals surface area contributed by atoms with Crippen LogP contribution >= 0.6 is 0 Å². The van der Waals surface area contributed by atoms with Gasteiger partial charge in [-0.05, 0) is 31.4 Å². The van der Waals surface area contributed by atoms with Gasteiger partial charge < -0.3 is 23.9 Å². The quantitative estimate of drug-likeness (QED) is 0.602. The topological polar surface area (TPSA) is 69.6 Å². The molecule has 0 N–H and O–H groups in total. The zero-order valence-corrected chi connectivity index (χ0v) is 14.7. The highest BCUT2D eigenvalue weighted by molar-refractivity contribution is 6.29. The van der Waals surface area contributed by atoms with Crippen molar-refractivity contribution in [3.63, 3.8) is 0 Å². The largest absolute Gasteiger partial charge is 0.493 e. The SMILES string of the molecule is COc1cc(C2=NOC(=O)C2=CN2CCCCC2)cc(OC)c1OC. The predicted molar refractivity (Wildman–Crippen MR) is 92.2 cm³/mol. The number of ether oxygens (including phenoxy) is 3. The Morgan fingerprint density at radius 2 is 1.68 bits per heavy atom. The highest BCUT2D eigenvalue weighted by Gasteiger charge is 2.29. The van der Waals surface area contributed by atoms with E-state index in [0.29, 0.717) is 34.1 Å². The van der Waals surface area contributed by atoms with Crippen LogP contribution in [0, 0.1) is 0 Å². The van der Waals surface area contributed by atoms with Crippen LogP contribution < -0.4 is 14.2 Å². The first kappa shape index (κ1) is 17.1. The Labute approximate surface area is 146 Å². The number of benzene rings is 1. The number of carbonyl (C=O) groups is 1. The second-order valence-corrected chi connectivity index (χ2v) is 5.87. The van der Waals surface area contributed by atoms with Gasteiger partial charge in [-0.1, -0.05) is 5.16 Å². The third-order valence-electron chi connectivity index (χ3n) is 4.34. The van der Waals surface area contributed by atoms with Gasteiger partial charge in [-0.3, -0.25) is 0 Å². The molecule has 2 aliphatic heterocycles. The van der Waals surface area contributed by atoms with Crippen LogP contribution in [0.15, 0.2) is 29.1 Å². The van der Waals surface area contributed by atoms with Crippen LogP contribution in [0.1, 0.15) is 24.8 Å². The number of carbonyl (C=O) groups excluding carboxylic acids is 1. The third-order valence-corrected chi connectivity index (χ3v) is 4.34. The van der Waals surface area contributed by atoms with Crippen LogP contribution in [0.4, 0.5) is 0 Å². The van der Waals surface area contributed by atoms with Crippen LogP contribution in [0.25, 0.3) is 0 Å². The average molecular weight is 346 g/mol. The summed E-state index contributed by atoms with van der Waals surface area (Å²) in [5, 5.41) is 3.96. The standard InChI is InChI=1S/C18H22N2O5/c1-22-14-9-12(10-15(23-2)17(14)24-3)16-13(18(21)25-19-16)11-20-7-5-4-6-8-20/h9-11H,4-8H2,1-3H3. The van der Waals surface area contributed by atoms with Gasteiger partial charge in [0.1, 0.15) is 11.3 Å². The van der Waals surface area contributed by atoms with Crippen molar-refractivity contribution in [2.45, 2.75) is 19.3 Å². The molecule has 0 unspecified atom stereocenters. The molecule has 0 bridgehead atoms. The molecule has 0 radical (unpaired) electrons. The molecule has 3 rings (SSSR count). The first-order valence-corrected chi connectivity index (χ1v) is 8.24. The van der Waals surface area contributed by atoms with Crippen molar-refractivity contribution in [1.29, 1.82) is 0 Å². The van der Waals surface area contributed by atoms with E-state index in [1.807, 2.05) is 6.20 Å².